The molecule has 9 heteroatoms. The van der Waals surface area contributed by atoms with E-state index < -0.39 is 5.91 Å². The average Bonchev–Trinajstić information content (AvgIpc) is 3.21. The van der Waals surface area contributed by atoms with Crippen LogP contribution in [0.4, 0.5) is 5.13 Å². The lowest BCUT2D eigenvalue weighted by molar-refractivity contribution is 0.0992. The zero-order valence-electron chi connectivity index (χ0n) is 14.1. The first kappa shape index (κ1) is 18.1. The van der Waals surface area contributed by atoms with E-state index in [4.69, 9.17) is 17.3 Å². The van der Waals surface area contributed by atoms with E-state index in [1.165, 1.54) is 11.6 Å². The monoisotopic (exact) mass is 389 g/mol. The molecule has 2 amide bonds. The lowest BCUT2D eigenvalue weighted by Crippen LogP contribution is -2.16. The number of nitrogens with zero attached hydrogens (tertiary/aromatic N) is 3. The Bertz CT molecular complexity index is 979. The van der Waals surface area contributed by atoms with Gasteiger partial charge >= 0.3 is 0 Å². The molecule has 26 heavy (non-hydrogen) atoms. The summed E-state index contributed by atoms with van der Waals surface area (Å²) in [4.78, 5) is 27.8. The molecule has 1 aromatic carbocycles. The van der Waals surface area contributed by atoms with Crippen LogP contribution in [0.15, 0.2) is 35.8 Å². The van der Waals surface area contributed by atoms with E-state index in [0.717, 1.165) is 22.7 Å². The van der Waals surface area contributed by atoms with Crippen molar-refractivity contribution >= 4 is 39.9 Å². The number of carbonyl (C=O) groups is 2. The molecule has 2 aromatic heterocycles. The zero-order valence-corrected chi connectivity index (χ0v) is 15.6. The van der Waals surface area contributed by atoms with Crippen LogP contribution in [0.3, 0.4) is 0 Å². The van der Waals surface area contributed by atoms with E-state index in [0.29, 0.717) is 15.7 Å². The van der Waals surface area contributed by atoms with E-state index in [-0.39, 0.29) is 17.5 Å². The first-order chi connectivity index (χ1) is 12.4. The molecule has 134 valence electrons. The minimum atomic E-state index is -0.640. The largest absolute Gasteiger partial charge is 0.364 e. The fourth-order valence-electron chi connectivity index (χ4n) is 2.51. The van der Waals surface area contributed by atoms with E-state index in [1.807, 2.05) is 26.0 Å². The quantitative estimate of drug-likeness (QED) is 0.697. The van der Waals surface area contributed by atoms with Gasteiger partial charge in [-0.05, 0) is 24.1 Å². The summed E-state index contributed by atoms with van der Waals surface area (Å²) < 4.78 is 1.70. The number of carbonyl (C=O) groups excluding carboxylic acids is 2. The molecule has 0 radical (unpaired) electrons. The summed E-state index contributed by atoms with van der Waals surface area (Å²) in [6, 6.07) is 7.24. The smallest absolute Gasteiger partial charge is 0.268 e. The van der Waals surface area contributed by atoms with Crippen LogP contribution in [0.25, 0.3) is 5.69 Å². The van der Waals surface area contributed by atoms with Crippen molar-refractivity contribution in [2.75, 3.05) is 5.32 Å². The SMILES string of the molecule is CC(C)c1c(C(=O)Nc2nc(C(N)=O)cs2)cnn1-c1cccc(Cl)c1. The molecule has 0 bridgehead atoms. The van der Waals surface area contributed by atoms with Gasteiger partial charge in [-0.3, -0.25) is 14.9 Å². The molecule has 0 unspecified atom stereocenters. The van der Waals surface area contributed by atoms with Crippen LogP contribution in [0.5, 0.6) is 0 Å². The number of amides is 2. The number of nitrogens with one attached hydrogen (secondary N) is 1. The standard InChI is InChI=1S/C17H16ClN5O2S/c1-9(2)14-12(7-20-23(14)11-5-3-4-10(18)6-11)16(25)22-17-21-13(8-26-17)15(19)24/h3-9H,1-2H3,(H2,19,24)(H,21,22,25). The molecule has 2 heterocycles. The predicted molar refractivity (Wildman–Crippen MR) is 101 cm³/mol. The molecule has 0 aliphatic carbocycles. The maximum atomic E-state index is 12.7. The summed E-state index contributed by atoms with van der Waals surface area (Å²) in [7, 11) is 0. The van der Waals surface area contributed by atoms with Crippen molar-refractivity contribution in [2.24, 2.45) is 5.73 Å². The van der Waals surface area contributed by atoms with Crippen molar-refractivity contribution < 1.29 is 9.59 Å². The predicted octanol–water partition coefficient (Wildman–Crippen LogP) is 3.46. The van der Waals surface area contributed by atoms with Crippen LogP contribution < -0.4 is 11.1 Å². The number of primary amides is 1. The number of aromatic nitrogens is 3. The number of thiazole rings is 1. The Balaban J connectivity index is 1.94. The molecule has 7 nitrogen and oxygen atoms in total. The molecule has 3 aromatic rings. The molecule has 3 rings (SSSR count). The maximum absolute atomic E-state index is 12.7. The number of rotatable bonds is 5. The molecule has 0 aliphatic heterocycles. The van der Waals surface area contributed by atoms with E-state index in [2.05, 4.69) is 15.4 Å². The molecule has 0 saturated heterocycles. The summed E-state index contributed by atoms with van der Waals surface area (Å²) in [5.74, 6) is -0.958. The van der Waals surface area contributed by atoms with Gasteiger partial charge in [0.1, 0.15) is 5.69 Å². The minimum absolute atomic E-state index is 0.0368. The van der Waals surface area contributed by atoms with Crippen molar-refractivity contribution in [2.45, 2.75) is 19.8 Å². The van der Waals surface area contributed by atoms with Gasteiger partial charge in [-0.25, -0.2) is 9.67 Å². The highest BCUT2D eigenvalue weighted by atomic mass is 35.5. The maximum Gasteiger partial charge on any atom is 0.268 e. The molecule has 0 saturated carbocycles. The van der Waals surface area contributed by atoms with Gasteiger partial charge in [-0.1, -0.05) is 31.5 Å². The van der Waals surface area contributed by atoms with Crippen LogP contribution >= 0.6 is 22.9 Å². The molecule has 3 N–H and O–H groups in total. The summed E-state index contributed by atoms with van der Waals surface area (Å²) in [6.07, 6.45) is 1.51. The van der Waals surface area contributed by atoms with Gasteiger partial charge in [0.05, 0.1) is 23.1 Å². The van der Waals surface area contributed by atoms with E-state index in [1.54, 1.807) is 16.8 Å². The average molecular weight is 390 g/mol. The molecule has 0 atom stereocenters. The van der Waals surface area contributed by atoms with Crippen molar-refractivity contribution in [3.8, 4) is 5.69 Å². The molecular weight excluding hydrogens is 374 g/mol. The Morgan fingerprint density at radius 1 is 1.35 bits per heavy atom. The molecule has 0 aliphatic rings. The number of halogens is 1. The van der Waals surface area contributed by atoms with Crippen molar-refractivity contribution in [3.63, 3.8) is 0 Å². The Hall–Kier alpha value is -2.71. The summed E-state index contributed by atoms with van der Waals surface area (Å²) in [6.45, 7) is 3.95. The van der Waals surface area contributed by atoms with Crippen LogP contribution in [0.2, 0.25) is 5.02 Å². The third-order valence-corrected chi connectivity index (χ3v) is 4.62. The van der Waals surface area contributed by atoms with E-state index in [9.17, 15) is 9.59 Å². The number of anilines is 1. The summed E-state index contributed by atoms with van der Waals surface area (Å²) in [5.41, 5.74) is 7.24. The van der Waals surface area contributed by atoms with Crippen molar-refractivity contribution in [1.82, 2.24) is 14.8 Å². The third-order valence-electron chi connectivity index (χ3n) is 3.63. The van der Waals surface area contributed by atoms with Gasteiger partial charge in [0.2, 0.25) is 0 Å². The Morgan fingerprint density at radius 2 is 2.12 bits per heavy atom. The van der Waals surface area contributed by atoms with Gasteiger partial charge in [-0.15, -0.1) is 11.3 Å². The van der Waals surface area contributed by atoms with Crippen molar-refractivity contribution in [1.29, 1.82) is 0 Å². The third kappa shape index (κ3) is 3.61. The first-order valence-corrected chi connectivity index (χ1v) is 9.03. The minimum Gasteiger partial charge on any atom is -0.364 e. The highest BCUT2D eigenvalue weighted by Gasteiger charge is 2.22. The summed E-state index contributed by atoms with van der Waals surface area (Å²) >= 11 is 7.20. The van der Waals surface area contributed by atoms with Gasteiger partial charge < -0.3 is 5.73 Å². The van der Waals surface area contributed by atoms with Gasteiger partial charge in [0, 0.05) is 10.4 Å². The Kier molecular flexibility index (Phi) is 5.06. The second-order valence-electron chi connectivity index (χ2n) is 5.85. The number of nitrogens with two attached hydrogens (primary N) is 1. The van der Waals surface area contributed by atoms with Crippen molar-refractivity contribution in [3.05, 3.63) is 57.8 Å². The highest BCUT2D eigenvalue weighted by Crippen LogP contribution is 2.25. The second-order valence-corrected chi connectivity index (χ2v) is 7.14. The number of benzene rings is 1. The zero-order chi connectivity index (χ0) is 18.8. The van der Waals surface area contributed by atoms with Crippen LogP contribution in [-0.4, -0.2) is 26.6 Å². The van der Waals surface area contributed by atoms with Crippen LogP contribution in [-0.2, 0) is 0 Å². The topological polar surface area (TPSA) is 103 Å². The lowest BCUT2D eigenvalue weighted by Gasteiger charge is -2.12. The summed E-state index contributed by atoms with van der Waals surface area (Å²) in [5, 5.41) is 9.42. The highest BCUT2D eigenvalue weighted by molar-refractivity contribution is 7.14. The lowest BCUT2D eigenvalue weighted by atomic mass is 10.1. The van der Waals surface area contributed by atoms with Crippen LogP contribution in [0.1, 0.15) is 46.3 Å². The molecular formula is C17H16ClN5O2S. The second kappa shape index (κ2) is 7.27. The molecule has 0 fully saturated rings. The van der Waals surface area contributed by atoms with Crippen LogP contribution in [0, 0.1) is 0 Å². The first-order valence-electron chi connectivity index (χ1n) is 7.77. The fraction of sp³-hybridized carbons (Fsp3) is 0.176. The molecule has 0 spiro atoms. The number of hydrogen-bond acceptors (Lipinski definition) is 5. The van der Waals surface area contributed by atoms with Gasteiger partial charge in [0.25, 0.3) is 11.8 Å². The van der Waals surface area contributed by atoms with Gasteiger partial charge in [0.15, 0.2) is 5.13 Å². The fourth-order valence-corrected chi connectivity index (χ4v) is 3.39. The normalized spacial score (nSPS) is 10.9. The Morgan fingerprint density at radius 3 is 2.73 bits per heavy atom. The van der Waals surface area contributed by atoms with E-state index >= 15 is 0 Å². The number of hydrogen-bond donors (Lipinski definition) is 2. The Labute approximate surface area is 158 Å². The van der Waals surface area contributed by atoms with Gasteiger partial charge in [-0.2, -0.15) is 5.10 Å².